The standard InChI is InChI=1S/C12H25NO3/c1-4-6-7-10(5-2)9-16-12(14)11(8-13)15-3/h10-11H,4-9,13H2,1-3H3. The Kier molecular flexibility index (Phi) is 9.24. The van der Waals surface area contributed by atoms with Gasteiger partial charge in [0.1, 0.15) is 0 Å². The second-order valence-electron chi connectivity index (χ2n) is 4.01. The number of esters is 1. The summed E-state index contributed by atoms with van der Waals surface area (Å²) in [5.74, 6) is 0.110. The maximum absolute atomic E-state index is 11.5. The van der Waals surface area contributed by atoms with E-state index in [0.717, 1.165) is 12.8 Å². The SMILES string of the molecule is CCCCC(CC)COC(=O)C(CN)OC. The first kappa shape index (κ1) is 15.4. The number of carbonyl (C=O) groups is 1. The molecule has 2 atom stereocenters. The molecule has 0 aromatic rings. The Morgan fingerprint density at radius 3 is 2.50 bits per heavy atom. The van der Waals surface area contributed by atoms with Crippen molar-refractivity contribution >= 4 is 5.97 Å². The van der Waals surface area contributed by atoms with E-state index in [1.54, 1.807) is 0 Å². The van der Waals surface area contributed by atoms with Crippen LogP contribution in [0.15, 0.2) is 0 Å². The Balaban J connectivity index is 3.86. The van der Waals surface area contributed by atoms with Crippen LogP contribution in [0, 0.1) is 5.92 Å². The number of carbonyl (C=O) groups excluding carboxylic acids is 1. The van der Waals surface area contributed by atoms with Crippen LogP contribution < -0.4 is 5.73 Å². The smallest absolute Gasteiger partial charge is 0.336 e. The number of hydrogen-bond acceptors (Lipinski definition) is 4. The van der Waals surface area contributed by atoms with Crippen molar-refractivity contribution in [3.05, 3.63) is 0 Å². The minimum absolute atomic E-state index is 0.168. The molecule has 0 aromatic carbocycles. The van der Waals surface area contributed by atoms with Gasteiger partial charge in [0.2, 0.25) is 0 Å². The molecule has 0 aromatic heterocycles. The van der Waals surface area contributed by atoms with Gasteiger partial charge in [-0.25, -0.2) is 4.79 Å². The fourth-order valence-electron chi connectivity index (χ4n) is 1.48. The Labute approximate surface area is 98.5 Å². The largest absolute Gasteiger partial charge is 0.463 e. The van der Waals surface area contributed by atoms with Crippen molar-refractivity contribution in [2.24, 2.45) is 11.7 Å². The molecule has 0 rings (SSSR count). The molecule has 16 heavy (non-hydrogen) atoms. The molecule has 0 saturated carbocycles. The molecule has 2 N–H and O–H groups in total. The third-order valence-corrected chi connectivity index (χ3v) is 2.77. The molecule has 0 aliphatic heterocycles. The normalized spacial score (nSPS) is 14.5. The van der Waals surface area contributed by atoms with Crippen molar-refractivity contribution in [1.29, 1.82) is 0 Å². The van der Waals surface area contributed by atoms with E-state index >= 15 is 0 Å². The van der Waals surface area contributed by atoms with Gasteiger partial charge in [-0.3, -0.25) is 0 Å². The summed E-state index contributed by atoms with van der Waals surface area (Å²) < 4.78 is 10.1. The lowest BCUT2D eigenvalue weighted by molar-refractivity contribution is -0.156. The second kappa shape index (κ2) is 9.60. The zero-order chi connectivity index (χ0) is 12.4. The molecule has 0 fully saturated rings. The third kappa shape index (κ3) is 6.08. The van der Waals surface area contributed by atoms with Crippen LogP contribution in [0.1, 0.15) is 39.5 Å². The zero-order valence-corrected chi connectivity index (χ0v) is 10.7. The maximum Gasteiger partial charge on any atom is 0.336 e. The number of rotatable bonds is 9. The van der Waals surface area contributed by atoms with Crippen LogP contribution in [0.5, 0.6) is 0 Å². The van der Waals surface area contributed by atoms with E-state index in [-0.39, 0.29) is 12.5 Å². The van der Waals surface area contributed by atoms with E-state index in [4.69, 9.17) is 15.2 Å². The summed E-state index contributed by atoms with van der Waals surface area (Å²) >= 11 is 0. The van der Waals surface area contributed by atoms with E-state index in [0.29, 0.717) is 12.5 Å². The van der Waals surface area contributed by atoms with E-state index in [2.05, 4.69) is 13.8 Å². The molecular weight excluding hydrogens is 206 g/mol. The van der Waals surface area contributed by atoms with E-state index in [9.17, 15) is 4.79 Å². The molecule has 96 valence electrons. The molecule has 0 bridgehead atoms. The van der Waals surface area contributed by atoms with Crippen LogP contribution in [-0.2, 0) is 14.3 Å². The fraction of sp³-hybridized carbons (Fsp3) is 0.917. The van der Waals surface area contributed by atoms with Crippen LogP contribution >= 0.6 is 0 Å². The Morgan fingerprint density at radius 1 is 1.38 bits per heavy atom. The van der Waals surface area contributed by atoms with Crippen LogP contribution in [-0.4, -0.2) is 32.3 Å². The number of hydrogen-bond donors (Lipinski definition) is 1. The molecule has 4 heteroatoms. The molecule has 0 spiro atoms. The highest BCUT2D eigenvalue weighted by molar-refractivity contribution is 5.74. The molecule has 0 saturated heterocycles. The van der Waals surface area contributed by atoms with Crippen LogP contribution in [0.2, 0.25) is 0 Å². The van der Waals surface area contributed by atoms with Crippen LogP contribution in [0.4, 0.5) is 0 Å². The van der Waals surface area contributed by atoms with Crippen molar-refractivity contribution in [3.8, 4) is 0 Å². The molecule has 0 amide bonds. The monoisotopic (exact) mass is 231 g/mol. The zero-order valence-electron chi connectivity index (χ0n) is 10.7. The van der Waals surface area contributed by atoms with Gasteiger partial charge in [0.15, 0.2) is 6.10 Å². The summed E-state index contributed by atoms with van der Waals surface area (Å²) in [4.78, 5) is 11.5. The average Bonchev–Trinajstić information content (AvgIpc) is 2.31. The van der Waals surface area contributed by atoms with Gasteiger partial charge in [0, 0.05) is 13.7 Å². The molecule has 0 heterocycles. The fourth-order valence-corrected chi connectivity index (χ4v) is 1.48. The first-order chi connectivity index (χ1) is 7.69. The summed E-state index contributed by atoms with van der Waals surface area (Å²) in [6.45, 7) is 4.93. The van der Waals surface area contributed by atoms with Gasteiger partial charge >= 0.3 is 5.97 Å². The van der Waals surface area contributed by atoms with Gasteiger partial charge in [-0.2, -0.15) is 0 Å². The third-order valence-electron chi connectivity index (χ3n) is 2.77. The lowest BCUT2D eigenvalue weighted by Gasteiger charge is -2.17. The van der Waals surface area contributed by atoms with Crippen LogP contribution in [0.25, 0.3) is 0 Å². The van der Waals surface area contributed by atoms with Crippen molar-refractivity contribution in [2.75, 3.05) is 20.3 Å². The van der Waals surface area contributed by atoms with Crippen LogP contribution in [0.3, 0.4) is 0 Å². The minimum Gasteiger partial charge on any atom is -0.463 e. The number of ether oxygens (including phenoxy) is 2. The quantitative estimate of drug-likeness (QED) is 0.614. The van der Waals surface area contributed by atoms with E-state index in [1.165, 1.54) is 20.0 Å². The summed E-state index contributed by atoms with van der Waals surface area (Å²) in [6, 6.07) is 0. The van der Waals surface area contributed by atoms with Crippen molar-refractivity contribution in [3.63, 3.8) is 0 Å². The summed E-state index contributed by atoms with van der Waals surface area (Å²) in [5.41, 5.74) is 5.38. The molecule has 2 unspecified atom stereocenters. The predicted octanol–water partition coefficient (Wildman–Crippen LogP) is 1.72. The first-order valence-corrected chi connectivity index (χ1v) is 6.09. The minimum atomic E-state index is -0.622. The summed E-state index contributed by atoms with van der Waals surface area (Å²) in [7, 11) is 1.47. The number of nitrogens with two attached hydrogens (primary N) is 1. The number of methoxy groups -OCH3 is 1. The Bertz CT molecular complexity index is 181. The second-order valence-corrected chi connectivity index (χ2v) is 4.01. The summed E-state index contributed by atoms with van der Waals surface area (Å²) in [5, 5.41) is 0. The first-order valence-electron chi connectivity index (χ1n) is 6.09. The predicted molar refractivity (Wildman–Crippen MR) is 64.1 cm³/mol. The molecule has 0 aliphatic carbocycles. The van der Waals surface area contributed by atoms with E-state index < -0.39 is 6.10 Å². The molecule has 0 aliphatic rings. The van der Waals surface area contributed by atoms with Gasteiger partial charge < -0.3 is 15.2 Å². The average molecular weight is 231 g/mol. The summed E-state index contributed by atoms with van der Waals surface area (Å²) in [6.07, 6.45) is 3.88. The highest BCUT2D eigenvalue weighted by Crippen LogP contribution is 2.13. The molecule has 4 nitrogen and oxygen atoms in total. The molecular formula is C12H25NO3. The highest BCUT2D eigenvalue weighted by atomic mass is 16.6. The number of unbranched alkanes of at least 4 members (excludes halogenated alkanes) is 1. The Morgan fingerprint density at radius 2 is 2.06 bits per heavy atom. The van der Waals surface area contributed by atoms with Gasteiger partial charge in [0.05, 0.1) is 6.61 Å². The lowest BCUT2D eigenvalue weighted by Crippen LogP contribution is -2.33. The van der Waals surface area contributed by atoms with Crippen molar-refractivity contribution in [1.82, 2.24) is 0 Å². The van der Waals surface area contributed by atoms with Gasteiger partial charge in [-0.1, -0.05) is 33.1 Å². The van der Waals surface area contributed by atoms with Gasteiger partial charge in [0.25, 0.3) is 0 Å². The Hall–Kier alpha value is -0.610. The molecule has 0 radical (unpaired) electrons. The van der Waals surface area contributed by atoms with E-state index in [1.807, 2.05) is 0 Å². The maximum atomic E-state index is 11.5. The van der Waals surface area contributed by atoms with Gasteiger partial charge in [-0.05, 0) is 12.3 Å². The van der Waals surface area contributed by atoms with Gasteiger partial charge in [-0.15, -0.1) is 0 Å². The van der Waals surface area contributed by atoms with Crippen molar-refractivity contribution < 1.29 is 14.3 Å². The lowest BCUT2D eigenvalue weighted by atomic mass is 10.0. The topological polar surface area (TPSA) is 61.5 Å². The van der Waals surface area contributed by atoms with Crippen molar-refractivity contribution in [2.45, 2.75) is 45.6 Å². The highest BCUT2D eigenvalue weighted by Gasteiger charge is 2.18.